The highest BCUT2D eigenvalue weighted by Gasteiger charge is 2.64. The molecule has 1 aliphatic carbocycles. The van der Waals surface area contributed by atoms with Crippen molar-refractivity contribution in [3.8, 4) is 0 Å². The summed E-state index contributed by atoms with van der Waals surface area (Å²) in [4.78, 5) is 0.769. The average Bonchev–Trinajstić information content (AvgIpc) is 3.17. The normalized spacial score (nSPS) is 20.7. The van der Waals surface area contributed by atoms with Crippen LogP contribution in [0.15, 0.2) is 81.0 Å². The molecule has 27 heavy (non-hydrogen) atoms. The number of thiol groups is 2. The molecule has 144 valence electrons. The summed E-state index contributed by atoms with van der Waals surface area (Å²) >= 11 is 9.32. The number of rotatable bonds is 6. The van der Waals surface area contributed by atoms with Gasteiger partial charge in [-0.05, 0) is 64.1 Å². The summed E-state index contributed by atoms with van der Waals surface area (Å²) in [6.07, 6.45) is 7.84. The van der Waals surface area contributed by atoms with Crippen LogP contribution in [-0.2, 0) is 0 Å². The molecule has 0 nitrogen and oxygen atoms in total. The van der Waals surface area contributed by atoms with Crippen LogP contribution < -0.4 is 0 Å². The quantitative estimate of drug-likeness (QED) is 0.261. The van der Waals surface area contributed by atoms with Crippen LogP contribution in [0.2, 0.25) is 0 Å². The first-order valence-corrected chi connectivity index (χ1v) is 9.89. The Hall–Kier alpha value is -1.44. The van der Waals surface area contributed by atoms with Crippen LogP contribution in [0.4, 0.5) is 17.6 Å². The van der Waals surface area contributed by atoms with E-state index in [4.69, 9.17) is 0 Å². The Balaban J connectivity index is 2.78. The van der Waals surface area contributed by atoms with E-state index in [1.54, 1.807) is 31.2 Å². The van der Waals surface area contributed by atoms with Crippen LogP contribution in [0.1, 0.15) is 18.2 Å². The van der Waals surface area contributed by atoms with Crippen molar-refractivity contribution in [2.24, 2.45) is 0 Å². The summed E-state index contributed by atoms with van der Waals surface area (Å²) in [5.74, 6) is -8.49. The van der Waals surface area contributed by atoms with Crippen molar-refractivity contribution in [1.82, 2.24) is 0 Å². The fraction of sp³-hybridized carbons (Fsp3) is 0.200. The molecular weight excluding hydrogens is 412 g/mol. The molecule has 1 aromatic heterocycles. The second-order valence-corrected chi connectivity index (χ2v) is 7.28. The minimum absolute atomic E-state index is 0.00933. The zero-order valence-electron chi connectivity index (χ0n) is 14.4. The largest absolute Gasteiger partial charge is 0.336 e. The molecule has 0 radical (unpaired) electrons. The van der Waals surface area contributed by atoms with E-state index in [1.807, 2.05) is 5.38 Å². The molecule has 0 unspecified atom stereocenters. The highest BCUT2D eigenvalue weighted by Crippen LogP contribution is 2.55. The minimum Gasteiger partial charge on any atom is -0.199 e. The van der Waals surface area contributed by atoms with Crippen LogP contribution in [0.3, 0.4) is 0 Å². The molecule has 0 fully saturated rings. The predicted molar refractivity (Wildman–Crippen MR) is 113 cm³/mol. The molecule has 0 saturated carbocycles. The highest BCUT2D eigenvalue weighted by atomic mass is 32.1. The van der Waals surface area contributed by atoms with Crippen molar-refractivity contribution in [2.45, 2.75) is 25.2 Å². The van der Waals surface area contributed by atoms with Gasteiger partial charge in [-0.15, -0.1) is 11.3 Å². The zero-order chi connectivity index (χ0) is 20.1. The van der Waals surface area contributed by atoms with E-state index in [0.29, 0.717) is 0 Å². The third-order valence-electron chi connectivity index (χ3n) is 3.93. The topological polar surface area (TPSA) is 0 Å². The van der Waals surface area contributed by atoms with Gasteiger partial charge in [0.2, 0.25) is 0 Å². The maximum Gasteiger partial charge on any atom is 0.336 e. The molecule has 2 rings (SSSR count). The van der Waals surface area contributed by atoms with Gasteiger partial charge < -0.3 is 0 Å². The van der Waals surface area contributed by atoms with E-state index in [9.17, 15) is 17.6 Å². The molecular formula is C20H18F4S3. The number of hydrogen-bond donors (Lipinski definition) is 2. The molecule has 0 amide bonds. The van der Waals surface area contributed by atoms with Crippen LogP contribution in [0, 0.1) is 0 Å². The van der Waals surface area contributed by atoms with Gasteiger partial charge in [0.15, 0.2) is 0 Å². The summed E-state index contributed by atoms with van der Waals surface area (Å²) in [6.45, 7) is 1.71. The Bertz CT molecular complexity index is 839. The molecule has 0 spiro atoms. The lowest BCUT2D eigenvalue weighted by Gasteiger charge is -2.22. The van der Waals surface area contributed by atoms with E-state index >= 15 is 0 Å². The van der Waals surface area contributed by atoms with E-state index < -0.39 is 23.8 Å². The lowest BCUT2D eigenvalue weighted by molar-refractivity contribution is -0.171. The number of thiophene rings is 1. The molecule has 0 aliphatic heterocycles. The van der Waals surface area contributed by atoms with Gasteiger partial charge in [-0.25, -0.2) is 0 Å². The van der Waals surface area contributed by atoms with E-state index in [0.717, 1.165) is 4.88 Å². The van der Waals surface area contributed by atoms with E-state index in [1.165, 1.54) is 46.5 Å². The monoisotopic (exact) mass is 430 g/mol. The first-order chi connectivity index (χ1) is 12.8. The predicted octanol–water partition coefficient (Wildman–Crippen LogP) is 7.49. The number of alkyl halides is 4. The minimum atomic E-state index is -4.30. The Morgan fingerprint density at radius 2 is 1.78 bits per heavy atom. The highest BCUT2D eigenvalue weighted by molar-refractivity contribution is 7.83. The van der Waals surface area contributed by atoms with Gasteiger partial charge in [-0.3, -0.25) is 0 Å². The average molecular weight is 431 g/mol. The summed E-state index contributed by atoms with van der Waals surface area (Å²) in [5, 5.41) is 4.42. The van der Waals surface area contributed by atoms with Gasteiger partial charge in [0.1, 0.15) is 0 Å². The van der Waals surface area contributed by atoms with Crippen LogP contribution in [-0.4, -0.2) is 11.8 Å². The summed E-state index contributed by atoms with van der Waals surface area (Å²) in [5.41, 5.74) is -0.529. The molecule has 0 bridgehead atoms. The number of hydrogen-bond acceptors (Lipinski definition) is 3. The van der Waals surface area contributed by atoms with Crippen LogP contribution in [0.5, 0.6) is 0 Å². The lowest BCUT2D eigenvalue weighted by atomic mass is 9.94. The van der Waals surface area contributed by atoms with Gasteiger partial charge >= 0.3 is 11.8 Å². The van der Waals surface area contributed by atoms with Crippen molar-refractivity contribution < 1.29 is 17.6 Å². The summed E-state index contributed by atoms with van der Waals surface area (Å²) in [6, 6.07) is 3.58. The van der Waals surface area contributed by atoms with Crippen molar-refractivity contribution in [2.75, 3.05) is 0 Å². The molecule has 1 heterocycles. The fourth-order valence-corrected chi connectivity index (χ4v) is 3.73. The van der Waals surface area contributed by atoms with E-state index in [-0.39, 0.29) is 16.7 Å². The lowest BCUT2D eigenvalue weighted by Crippen LogP contribution is -2.37. The Labute approximate surface area is 171 Å². The summed E-state index contributed by atoms with van der Waals surface area (Å²) < 4.78 is 58.0. The van der Waals surface area contributed by atoms with Crippen molar-refractivity contribution in [3.05, 3.63) is 85.9 Å². The summed E-state index contributed by atoms with van der Waals surface area (Å²) in [7, 11) is 0. The number of allylic oxidation sites excluding steroid dienone is 9. The van der Waals surface area contributed by atoms with Gasteiger partial charge in [0.25, 0.3) is 0 Å². The van der Waals surface area contributed by atoms with Gasteiger partial charge in [-0.2, -0.15) is 42.8 Å². The van der Waals surface area contributed by atoms with Gasteiger partial charge in [0.05, 0.1) is 0 Å². The zero-order valence-corrected chi connectivity index (χ0v) is 17.0. The molecule has 0 N–H and O–H groups in total. The third-order valence-corrected chi connectivity index (χ3v) is 5.05. The molecule has 0 aromatic carbocycles. The molecule has 1 aliphatic rings. The Morgan fingerprint density at radius 3 is 2.33 bits per heavy atom. The molecule has 0 atom stereocenters. The first-order valence-electron chi connectivity index (χ1n) is 7.98. The molecule has 1 aromatic rings. The second kappa shape index (κ2) is 9.17. The van der Waals surface area contributed by atoms with Crippen molar-refractivity contribution in [1.29, 1.82) is 0 Å². The fourth-order valence-electron chi connectivity index (χ4n) is 2.74. The smallest absolute Gasteiger partial charge is 0.199 e. The standard InChI is InChI=1S/C20H18F4S3/c1-2-3-5-14(7-9-25)18-17(13-19(21,22)20(18,23)24)15(8-10-26)12-16-6-4-11-27-16/h2-12,25-26H,13H2,1H3/b3-2+,9-7-,10-8-,14-5-,15-12-. The first kappa shape index (κ1) is 21.9. The van der Waals surface area contributed by atoms with Gasteiger partial charge in [0, 0.05) is 16.9 Å². The maximum atomic E-state index is 14.7. The van der Waals surface area contributed by atoms with Crippen molar-refractivity contribution >= 4 is 42.7 Å². The third kappa shape index (κ3) is 4.70. The van der Waals surface area contributed by atoms with Crippen LogP contribution in [0.25, 0.3) is 6.08 Å². The second-order valence-electron chi connectivity index (χ2n) is 5.70. The number of halogens is 4. The van der Waals surface area contributed by atoms with E-state index in [2.05, 4.69) is 25.3 Å². The molecule has 0 saturated heterocycles. The maximum absolute atomic E-state index is 14.7. The SMILES string of the molecule is C/C=C/C=C(/C=C\S)C1=C(C(/C=C\S)=C\c2cccs2)CC(F)(F)C1(F)F. The Kier molecular flexibility index (Phi) is 7.42. The van der Waals surface area contributed by atoms with Crippen molar-refractivity contribution in [3.63, 3.8) is 0 Å². The van der Waals surface area contributed by atoms with Crippen LogP contribution >= 0.6 is 36.6 Å². The molecule has 7 heteroatoms. The van der Waals surface area contributed by atoms with Gasteiger partial charge in [-0.1, -0.05) is 24.3 Å². The Morgan fingerprint density at radius 1 is 1.11 bits per heavy atom.